The number of imidazole rings is 2. The fourth-order valence-electron chi connectivity index (χ4n) is 3.75. The van der Waals surface area contributed by atoms with Gasteiger partial charge in [0, 0.05) is 13.2 Å². The molecule has 0 unspecified atom stereocenters. The third-order valence-corrected chi connectivity index (χ3v) is 8.50. The van der Waals surface area contributed by atoms with Crippen LogP contribution in [0, 0.1) is 10.1 Å². The fourth-order valence-corrected chi connectivity index (χ4v) is 5.70. The number of hydrogen-bond acceptors (Lipinski definition) is 14. The number of carboxylic acids is 1. The number of benzene rings is 2. The molecule has 0 bridgehead atoms. The summed E-state index contributed by atoms with van der Waals surface area (Å²) in [6.07, 6.45) is 5.74. The maximum absolute atomic E-state index is 12.3. The first-order chi connectivity index (χ1) is 22.5. The summed E-state index contributed by atoms with van der Waals surface area (Å²) in [6.45, 7) is 0. The monoisotopic (exact) mass is 675 g/mol. The first-order valence-electron chi connectivity index (χ1n) is 13.0. The van der Waals surface area contributed by atoms with Crippen LogP contribution < -0.4 is 4.72 Å². The Bertz CT molecular complexity index is 2210. The van der Waals surface area contributed by atoms with Crippen molar-refractivity contribution in [1.29, 1.82) is 0 Å². The van der Waals surface area contributed by atoms with E-state index in [1.165, 1.54) is 73.7 Å². The Labute approximate surface area is 268 Å². The van der Waals surface area contributed by atoms with Crippen LogP contribution in [-0.4, -0.2) is 64.0 Å². The lowest BCUT2D eigenvalue weighted by Crippen LogP contribution is -2.13. The minimum atomic E-state index is -3.79. The predicted molar refractivity (Wildman–Crippen MR) is 166 cm³/mol. The Balaban J connectivity index is 0.000000198. The molecule has 18 nitrogen and oxygen atoms in total. The fraction of sp³-hybridized carbons (Fsp3) is 0.0370. The van der Waals surface area contributed by atoms with Crippen LogP contribution in [0.15, 0.2) is 111 Å². The minimum Gasteiger partial charge on any atom is -0.507 e. The molecule has 47 heavy (non-hydrogen) atoms. The molecule has 0 aliphatic rings. The van der Waals surface area contributed by atoms with Gasteiger partial charge in [-0.2, -0.15) is 10.2 Å². The van der Waals surface area contributed by atoms with Crippen molar-refractivity contribution >= 4 is 61.9 Å². The number of anilines is 1. The van der Waals surface area contributed by atoms with Gasteiger partial charge in [-0.3, -0.25) is 4.72 Å². The van der Waals surface area contributed by atoms with Gasteiger partial charge in [-0.1, -0.05) is 6.07 Å². The quantitative estimate of drug-likeness (QED) is 0.0692. The topological polar surface area (TPSA) is 257 Å². The molecule has 0 radical (unpaired) electrons. The van der Waals surface area contributed by atoms with Crippen molar-refractivity contribution in [3.63, 3.8) is 0 Å². The number of aromatic hydroxyl groups is 1. The SMILES string of the molecule is Cn1cnc([N+](=O)[O-])c1Sc1ncnc2nc[nH]c12.O=C(O)c1cc(/N=N/c2ccc(S(=O)(=O)Nc3ccccn3)cc2)ccc1O. The van der Waals surface area contributed by atoms with Crippen LogP contribution in [0.5, 0.6) is 5.75 Å². The molecular weight excluding hydrogens is 655 g/mol. The predicted octanol–water partition coefficient (Wildman–Crippen LogP) is 4.85. The van der Waals surface area contributed by atoms with E-state index < -0.39 is 20.9 Å². The van der Waals surface area contributed by atoms with E-state index >= 15 is 0 Å². The summed E-state index contributed by atoms with van der Waals surface area (Å²) in [5.74, 6) is -1.66. The largest absolute Gasteiger partial charge is 0.507 e. The number of nitro groups is 1. The molecule has 6 rings (SSSR count). The summed E-state index contributed by atoms with van der Waals surface area (Å²) in [6, 6.07) is 14.3. The molecule has 2 aromatic carbocycles. The van der Waals surface area contributed by atoms with Crippen molar-refractivity contribution in [1.82, 2.24) is 34.5 Å². The van der Waals surface area contributed by atoms with Gasteiger partial charge in [-0.25, -0.2) is 33.1 Å². The second kappa shape index (κ2) is 13.8. The number of fused-ring (bicyclic) bond motifs is 1. The maximum atomic E-state index is 12.3. The first-order valence-corrected chi connectivity index (χ1v) is 15.3. The molecule has 0 saturated carbocycles. The number of carbonyl (C=O) groups is 1. The molecule has 4 heterocycles. The number of aromatic nitrogens is 7. The van der Waals surface area contributed by atoms with Crippen molar-refractivity contribution in [2.45, 2.75) is 14.9 Å². The zero-order chi connectivity index (χ0) is 33.6. The van der Waals surface area contributed by atoms with Crippen LogP contribution in [0.2, 0.25) is 0 Å². The van der Waals surface area contributed by atoms with E-state index in [4.69, 9.17) is 5.11 Å². The van der Waals surface area contributed by atoms with Gasteiger partial charge in [0.2, 0.25) is 6.33 Å². The highest BCUT2D eigenvalue weighted by molar-refractivity contribution is 7.99. The number of sulfonamides is 1. The summed E-state index contributed by atoms with van der Waals surface area (Å²) < 4.78 is 28.6. The summed E-state index contributed by atoms with van der Waals surface area (Å²) in [5, 5.41) is 38.2. The van der Waals surface area contributed by atoms with Crippen molar-refractivity contribution in [2.75, 3.05) is 4.72 Å². The van der Waals surface area contributed by atoms with Crippen LogP contribution in [-0.2, 0) is 17.1 Å². The molecule has 238 valence electrons. The number of rotatable bonds is 9. The van der Waals surface area contributed by atoms with Gasteiger partial charge in [0.1, 0.15) is 34.0 Å². The Morgan fingerprint density at radius 3 is 2.47 bits per heavy atom. The normalized spacial score (nSPS) is 11.3. The molecule has 0 saturated heterocycles. The highest BCUT2D eigenvalue weighted by Crippen LogP contribution is 2.34. The standard InChI is InChI=1S/C18H14N4O5S.C9H7N7O2S/c23-16-9-6-13(11-15(16)18(24)25)21-20-12-4-7-14(8-5-12)28(26,27)22-17-3-1-2-10-19-17;1-15-4-14-7(16(17)18)9(15)19-8-5-6(11-2-10-5)12-3-13-8/h1-11,23H,(H,19,22)(H,24,25);2-4H,1H3,(H,10,11,12,13)/b21-20+;. The summed E-state index contributed by atoms with van der Waals surface area (Å²) >= 11 is 1.15. The number of phenols is 1. The first kappa shape index (κ1) is 32.1. The molecule has 0 aliphatic heterocycles. The molecular formula is C27H21N11O7S2. The van der Waals surface area contributed by atoms with E-state index in [1.54, 1.807) is 23.7 Å². The van der Waals surface area contributed by atoms with Crippen molar-refractivity contribution in [2.24, 2.45) is 17.3 Å². The number of nitrogens with one attached hydrogen (secondary N) is 2. The lowest BCUT2D eigenvalue weighted by molar-refractivity contribution is -0.392. The number of nitrogens with zero attached hydrogens (tertiary/aromatic N) is 9. The summed E-state index contributed by atoms with van der Waals surface area (Å²) in [7, 11) is -2.11. The number of H-pyrrole nitrogens is 1. The van der Waals surface area contributed by atoms with Crippen LogP contribution >= 0.6 is 11.8 Å². The number of aromatic amines is 1. The molecule has 4 aromatic heterocycles. The Morgan fingerprint density at radius 1 is 1.02 bits per heavy atom. The highest BCUT2D eigenvalue weighted by Gasteiger charge is 2.23. The smallest absolute Gasteiger partial charge is 0.396 e. The average molecular weight is 676 g/mol. The molecule has 0 amide bonds. The molecule has 6 aromatic rings. The number of hydrogen-bond donors (Lipinski definition) is 4. The van der Waals surface area contributed by atoms with Crippen LogP contribution in [0.4, 0.5) is 23.0 Å². The lowest BCUT2D eigenvalue weighted by Gasteiger charge is -2.07. The minimum absolute atomic E-state index is 0.0231. The zero-order valence-corrected chi connectivity index (χ0v) is 25.5. The van der Waals surface area contributed by atoms with E-state index in [9.17, 15) is 28.4 Å². The summed E-state index contributed by atoms with van der Waals surface area (Å²) in [5.41, 5.74) is 1.45. The van der Waals surface area contributed by atoms with Gasteiger partial charge in [-0.05, 0) is 76.3 Å². The average Bonchev–Trinajstić information content (AvgIpc) is 3.69. The van der Waals surface area contributed by atoms with Gasteiger partial charge in [-0.15, -0.1) is 0 Å². The Hall–Kier alpha value is -6.28. The van der Waals surface area contributed by atoms with Gasteiger partial charge in [0.15, 0.2) is 10.7 Å². The molecule has 0 fully saturated rings. The van der Waals surface area contributed by atoms with Gasteiger partial charge < -0.3 is 29.9 Å². The van der Waals surface area contributed by atoms with Gasteiger partial charge >= 0.3 is 11.8 Å². The maximum Gasteiger partial charge on any atom is 0.396 e. The van der Waals surface area contributed by atoms with E-state index in [1.807, 2.05) is 0 Å². The highest BCUT2D eigenvalue weighted by atomic mass is 32.2. The van der Waals surface area contributed by atoms with Gasteiger partial charge in [0.05, 0.1) is 22.6 Å². The summed E-state index contributed by atoms with van der Waals surface area (Å²) in [4.78, 5) is 44.1. The molecule has 0 atom stereocenters. The van der Waals surface area contributed by atoms with Gasteiger partial charge in [0.25, 0.3) is 10.0 Å². The molecule has 4 N–H and O–H groups in total. The van der Waals surface area contributed by atoms with Crippen molar-refractivity contribution in [3.05, 3.63) is 102 Å². The molecule has 0 aliphatic carbocycles. The Kier molecular flexibility index (Phi) is 9.42. The third kappa shape index (κ3) is 7.69. The van der Waals surface area contributed by atoms with E-state index in [2.05, 4.69) is 44.9 Å². The number of aryl methyl sites for hydroxylation is 1. The van der Waals surface area contributed by atoms with E-state index in [0.717, 1.165) is 11.8 Å². The number of carboxylic acid groups (broad SMARTS) is 1. The van der Waals surface area contributed by atoms with Crippen LogP contribution in [0.3, 0.4) is 0 Å². The second-order valence-corrected chi connectivity index (χ2v) is 11.8. The molecule has 20 heteroatoms. The second-order valence-electron chi connectivity index (χ2n) is 9.14. The Morgan fingerprint density at radius 2 is 1.77 bits per heavy atom. The number of pyridine rings is 1. The third-order valence-electron chi connectivity index (χ3n) is 5.96. The van der Waals surface area contributed by atoms with Crippen LogP contribution in [0.1, 0.15) is 10.4 Å². The van der Waals surface area contributed by atoms with Crippen molar-refractivity contribution < 1.29 is 28.3 Å². The van der Waals surface area contributed by atoms with E-state index in [-0.39, 0.29) is 33.5 Å². The van der Waals surface area contributed by atoms with Crippen LogP contribution in [0.25, 0.3) is 11.2 Å². The van der Waals surface area contributed by atoms with Crippen molar-refractivity contribution in [3.8, 4) is 5.75 Å². The lowest BCUT2D eigenvalue weighted by atomic mass is 10.2. The number of aromatic carboxylic acids is 1. The molecule has 0 spiro atoms. The number of azo groups is 1. The van der Waals surface area contributed by atoms with E-state index in [0.29, 0.717) is 26.9 Å². The zero-order valence-electron chi connectivity index (χ0n) is 23.9.